The van der Waals surface area contributed by atoms with Gasteiger partial charge in [0.1, 0.15) is 17.2 Å². The molecule has 3 saturated carbocycles. The fourth-order valence-electron chi connectivity index (χ4n) is 5.39. The van der Waals surface area contributed by atoms with E-state index in [0.29, 0.717) is 40.4 Å². The first-order chi connectivity index (χ1) is 15.7. The monoisotopic (exact) mass is 430 g/mol. The lowest BCUT2D eigenvalue weighted by atomic mass is 9.61. The Bertz CT molecular complexity index is 1280. The molecule has 32 heavy (non-hydrogen) atoms. The number of carbonyl (C=O) groups is 1. The summed E-state index contributed by atoms with van der Waals surface area (Å²) < 4.78 is 5.58. The minimum absolute atomic E-state index is 0.160. The van der Waals surface area contributed by atoms with E-state index >= 15 is 0 Å². The molecule has 9 heteroatoms. The van der Waals surface area contributed by atoms with Gasteiger partial charge in [-0.05, 0) is 61.8 Å². The number of fused-ring (bicyclic) bond motifs is 4. The van der Waals surface area contributed by atoms with Crippen LogP contribution in [0.25, 0.3) is 34.0 Å². The molecule has 0 saturated heterocycles. The summed E-state index contributed by atoms with van der Waals surface area (Å²) in [5.41, 5.74) is 1.85. The van der Waals surface area contributed by atoms with E-state index in [0.717, 1.165) is 31.1 Å². The molecule has 2 bridgehead atoms. The Hall–Kier alpha value is -3.75. The Kier molecular flexibility index (Phi) is 4.41. The van der Waals surface area contributed by atoms with Crippen LogP contribution in [-0.2, 0) is 4.79 Å². The first-order valence-corrected chi connectivity index (χ1v) is 10.9. The summed E-state index contributed by atoms with van der Waals surface area (Å²) >= 11 is 0. The summed E-state index contributed by atoms with van der Waals surface area (Å²) in [5.74, 6) is 1.03. The van der Waals surface area contributed by atoms with Crippen LogP contribution in [0.2, 0.25) is 0 Å². The van der Waals surface area contributed by atoms with Gasteiger partial charge in [-0.2, -0.15) is 5.10 Å². The maximum Gasteiger partial charge on any atom is 0.308 e. The molecule has 4 heterocycles. The van der Waals surface area contributed by atoms with Crippen molar-refractivity contribution in [3.63, 3.8) is 0 Å². The number of carboxylic acids is 1. The normalized spacial score (nSPS) is 24.6. The SMILES string of the molecule is O=C(O)C1C2CCC(CC2)C1Nc1cc(-c2ccco2)nc(-c2[nH]nc3ncccc23)n1. The maximum absolute atomic E-state index is 12.1. The number of aromatic amines is 1. The second-order valence-corrected chi connectivity index (χ2v) is 8.62. The molecule has 0 radical (unpaired) electrons. The number of nitrogens with one attached hydrogen (secondary N) is 2. The molecule has 2 atom stereocenters. The van der Waals surface area contributed by atoms with Crippen molar-refractivity contribution in [3.05, 3.63) is 42.8 Å². The average Bonchev–Trinajstić information content (AvgIpc) is 3.50. The van der Waals surface area contributed by atoms with Crippen LogP contribution >= 0.6 is 0 Å². The third kappa shape index (κ3) is 3.12. The third-order valence-corrected chi connectivity index (χ3v) is 6.87. The molecule has 9 nitrogen and oxygen atoms in total. The standard InChI is InChI=1S/C23H22N6O3/c30-23(31)18-12-5-7-13(8-6-12)19(18)26-17-11-15(16-4-2-10-32-16)25-22(27-17)20-14-3-1-9-24-21(14)29-28-20/h1-4,9-13,18-19H,5-8H2,(H,30,31)(H,24,28,29)(H,25,26,27). The quantitative estimate of drug-likeness (QED) is 0.433. The van der Waals surface area contributed by atoms with Gasteiger partial charge in [0.2, 0.25) is 0 Å². The predicted molar refractivity (Wildman–Crippen MR) is 117 cm³/mol. The highest BCUT2D eigenvalue weighted by Crippen LogP contribution is 2.46. The number of furan rings is 1. The number of aromatic nitrogens is 5. The van der Waals surface area contributed by atoms with Gasteiger partial charge in [-0.1, -0.05) is 0 Å². The number of hydrogen-bond acceptors (Lipinski definition) is 7. The van der Waals surface area contributed by atoms with Crippen molar-refractivity contribution in [3.8, 4) is 23.0 Å². The van der Waals surface area contributed by atoms with Crippen LogP contribution in [0.3, 0.4) is 0 Å². The third-order valence-electron chi connectivity index (χ3n) is 6.87. The summed E-state index contributed by atoms with van der Waals surface area (Å²) in [6.45, 7) is 0. The zero-order valence-electron chi connectivity index (χ0n) is 17.2. The van der Waals surface area contributed by atoms with Gasteiger partial charge in [0.15, 0.2) is 17.2 Å². The van der Waals surface area contributed by atoms with Gasteiger partial charge in [-0.3, -0.25) is 9.89 Å². The number of nitrogens with zero attached hydrogens (tertiary/aromatic N) is 4. The average molecular weight is 430 g/mol. The maximum atomic E-state index is 12.1. The van der Waals surface area contributed by atoms with E-state index in [9.17, 15) is 9.90 Å². The second kappa shape index (κ2) is 7.44. The zero-order valence-corrected chi connectivity index (χ0v) is 17.2. The minimum atomic E-state index is -0.733. The molecule has 4 aromatic rings. The van der Waals surface area contributed by atoms with E-state index in [1.807, 2.05) is 24.3 Å². The Labute approximate surface area is 183 Å². The fourth-order valence-corrected chi connectivity index (χ4v) is 5.39. The van der Waals surface area contributed by atoms with Crippen LogP contribution in [-0.4, -0.2) is 42.3 Å². The molecule has 3 N–H and O–H groups in total. The lowest BCUT2D eigenvalue weighted by Crippen LogP contribution is -2.51. The smallest absolute Gasteiger partial charge is 0.308 e. The van der Waals surface area contributed by atoms with Gasteiger partial charge in [0.25, 0.3) is 0 Å². The van der Waals surface area contributed by atoms with Gasteiger partial charge in [0, 0.05) is 23.7 Å². The molecule has 2 unspecified atom stereocenters. The van der Waals surface area contributed by atoms with E-state index in [2.05, 4.69) is 20.5 Å². The Morgan fingerprint density at radius 1 is 1.12 bits per heavy atom. The molecule has 3 aliphatic carbocycles. The molecule has 3 aliphatic rings. The van der Waals surface area contributed by atoms with Crippen molar-refractivity contribution in [1.82, 2.24) is 25.1 Å². The summed E-state index contributed by atoms with van der Waals surface area (Å²) in [7, 11) is 0. The van der Waals surface area contributed by atoms with Crippen molar-refractivity contribution in [1.29, 1.82) is 0 Å². The Morgan fingerprint density at radius 2 is 1.97 bits per heavy atom. The molecule has 0 aliphatic heterocycles. The van der Waals surface area contributed by atoms with Gasteiger partial charge >= 0.3 is 5.97 Å². The number of carboxylic acid groups (broad SMARTS) is 1. The minimum Gasteiger partial charge on any atom is -0.481 e. The topological polar surface area (TPSA) is 130 Å². The van der Waals surface area contributed by atoms with Gasteiger partial charge < -0.3 is 14.8 Å². The Balaban J connectivity index is 1.44. The summed E-state index contributed by atoms with van der Waals surface area (Å²) in [6, 6.07) is 9.06. The molecule has 0 amide bonds. The van der Waals surface area contributed by atoms with E-state index in [-0.39, 0.29) is 12.0 Å². The largest absolute Gasteiger partial charge is 0.481 e. The van der Waals surface area contributed by atoms with Gasteiger partial charge in [-0.15, -0.1) is 0 Å². The van der Waals surface area contributed by atoms with E-state index in [1.54, 1.807) is 18.5 Å². The first kappa shape index (κ1) is 19.0. The van der Waals surface area contributed by atoms with Crippen LogP contribution in [0, 0.1) is 17.8 Å². The molecule has 4 aromatic heterocycles. The molecule has 162 valence electrons. The Morgan fingerprint density at radius 3 is 2.75 bits per heavy atom. The molecular formula is C23H22N6O3. The lowest BCUT2D eigenvalue weighted by Gasteiger charge is -2.47. The first-order valence-electron chi connectivity index (χ1n) is 10.9. The molecule has 0 aromatic carbocycles. The van der Waals surface area contributed by atoms with Crippen molar-refractivity contribution in [2.24, 2.45) is 17.8 Å². The van der Waals surface area contributed by atoms with Gasteiger partial charge in [-0.25, -0.2) is 15.0 Å². The van der Waals surface area contributed by atoms with Crippen LogP contribution < -0.4 is 5.32 Å². The van der Waals surface area contributed by atoms with Crippen molar-refractivity contribution >= 4 is 22.8 Å². The second-order valence-electron chi connectivity index (χ2n) is 8.62. The number of rotatable bonds is 5. The number of H-pyrrole nitrogens is 1. The fraction of sp³-hybridized carbons (Fsp3) is 0.348. The van der Waals surface area contributed by atoms with Crippen LogP contribution in [0.1, 0.15) is 25.7 Å². The number of aliphatic carboxylic acids is 1. The van der Waals surface area contributed by atoms with Crippen molar-refractivity contribution < 1.29 is 14.3 Å². The molecular weight excluding hydrogens is 408 g/mol. The highest BCUT2D eigenvalue weighted by atomic mass is 16.4. The van der Waals surface area contributed by atoms with E-state index < -0.39 is 11.9 Å². The van der Waals surface area contributed by atoms with Crippen molar-refractivity contribution in [2.75, 3.05) is 5.32 Å². The highest BCUT2D eigenvalue weighted by Gasteiger charge is 2.47. The summed E-state index contributed by atoms with van der Waals surface area (Å²) in [4.78, 5) is 25.8. The highest BCUT2D eigenvalue weighted by molar-refractivity contribution is 5.89. The lowest BCUT2D eigenvalue weighted by molar-refractivity contribution is -0.148. The molecule has 3 fully saturated rings. The number of pyridine rings is 1. The summed E-state index contributed by atoms with van der Waals surface area (Å²) in [6.07, 6.45) is 7.35. The molecule has 0 spiro atoms. The number of hydrogen-bond donors (Lipinski definition) is 3. The summed E-state index contributed by atoms with van der Waals surface area (Å²) in [5, 5.41) is 21.5. The van der Waals surface area contributed by atoms with E-state index in [1.165, 1.54) is 0 Å². The van der Waals surface area contributed by atoms with Crippen LogP contribution in [0.5, 0.6) is 0 Å². The van der Waals surface area contributed by atoms with Crippen LogP contribution in [0.4, 0.5) is 5.82 Å². The van der Waals surface area contributed by atoms with Crippen molar-refractivity contribution in [2.45, 2.75) is 31.7 Å². The van der Waals surface area contributed by atoms with Crippen LogP contribution in [0.15, 0.2) is 47.2 Å². The molecule has 7 rings (SSSR count). The van der Waals surface area contributed by atoms with E-state index in [4.69, 9.17) is 14.4 Å². The zero-order chi connectivity index (χ0) is 21.7. The van der Waals surface area contributed by atoms with Gasteiger partial charge in [0.05, 0.1) is 12.2 Å². The number of anilines is 1. The predicted octanol–water partition coefficient (Wildman–Crippen LogP) is 3.98.